The molecular formula is C24H20FN3O3S. The average molecular weight is 450 g/mol. The van der Waals surface area contributed by atoms with E-state index in [1.54, 1.807) is 60.7 Å². The van der Waals surface area contributed by atoms with Gasteiger partial charge in [-0.15, -0.1) is 0 Å². The van der Waals surface area contributed by atoms with Crippen molar-refractivity contribution in [3.63, 3.8) is 0 Å². The first kappa shape index (κ1) is 21.6. The number of nitrogens with zero attached hydrogens (tertiary/aromatic N) is 2. The molecule has 3 aromatic carbocycles. The van der Waals surface area contributed by atoms with E-state index in [2.05, 4.69) is 10.3 Å². The van der Waals surface area contributed by atoms with E-state index >= 15 is 0 Å². The fourth-order valence-electron chi connectivity index (χ4n) is 3.17. The summed E-state index contributed by atoms with van der Waals surface area (Å²) < 4.78 is 20.8. The first-order valence-electron chi connectivity index (χ1n) is 9.99. The maximum absolute atomic E-state index is 13.8. The van der Waals surface area contributed by atoms with Gasteiger partial charge in [-0.2, -0.15) is 0 Å². The van der Waals surface area contributed by atoms with Crippen molar-refractivity contribution >= 4 is 34.3 Å². The molecule has 8 heteroatoms. The normalized spacial score (nSPS) is 10.8. The quantitative estimate of drug-likeness (QED) is 0.328. The van der Waals surface area contributed by atoms with E-state index in [-0.39, 0.29) is 17.0 Å². The Morgan fingerprint density at radius 3 is 2.53 bits per heavy atom. The lowest BCUT2D eigenvalue weighted by atomic mass is 10.2. The second-order valence-corrected chi connectivity index (χ2v) is 7.74. The number of thioether (sulfide) groups is 1. The molecule has 0 unspecified atom stereocenters. The topological polar surface area (TPSA) is 73.2 Å². The van der Waals surface area contributed by atoms with Gasteiger partial charge in [-0.25, -0.2) is 9.37 Å². The number of para-hydroxylation sites is 2. The second-order valence-electron chi connectivity index (χ2n) is 6.80. The maximum atomic E-state index is 13.8. The molecule has 0 bridgehead atoms. The molecule has 0 radical (unpaired) electrons. The SMILES string of the molecule is CCOc1ccc(-n2c(SCC(=O)Nc3ccccc3F)nc3ccccc3c2=O)cc1. The summed E-state index contributed by atoms with van der Waals surface area (Å²) in [5.41, 5.74) is 1.01. The molecule has 1 N–H and O–H groups in total. The number of anilines is 1. The van der Waals surface area contributed by atoms with E-state index in [0.717, 1.165) is 11.8 Å². The first-order valence-corrected chi connectivity index (χ1v) is 11.0. The number of carbonyl (C=O) groups excluding carboxylic acids is 1. The highest BCUT2D eigenvalue weighted by molar-refractivity contribution is 7.99. The van der Waals surface area contributed by atoms with Crippen molar-refractivity contribution < 1.29 is 13.9 Å². The minimum absolute atomic E-state index is 0.0455. The van der Waals surface area contributed by atoms with Crippen LogP contribution < -0.4 is 15.6 Å². The maximum Gasteiger partial charge on any atom is 0.266 e. The molecule has 162 valence electrons. The summed E-state index contributed by atoms with van der Waals surface area (Å²) in [4.78, 5) is 30.3. The summed E-state index contributed by atoms with van der Waals surface area (Å²) in [5.74, 6) is -0.269. The van der Waals surface area contributed by atoms with Crippen LogP contribution in [0.15, 0.2) is 82.7 Å². The summed E-state index contributed by atoms with van der Waals surface area (Å²) in [6.07, 6.45) is 0. The number of halogens is 1. The molecule has 0 aliphatic carbocycles. The number of fused-ring (bicyclic) bond motifs is 1. The van der Waals surface area contributed by atoms with Gasteiger partial charge in [0, 0.05) is 0 Å². The highest BCUT2D eigenvalue weighted by Gasteiger charge is 2.15. The monoisotopic (exact) mass is 449 g/mol. The van der Waals surface area contributed by atoms with Crippen molar-refractivity contribution in [1.29, 1.82) is 0 Å². The van der Waals surface area contributed by atoms with Crippen molar-refractivity contribution in [3.05, 3.63) is 89.0 Å². The molecule has 0 aliphatic heterocycles. The Kier molecular flexibility index (Phi) is 6.51. The molecule has 0 fully saturated rings. The molecular weight excluding hydrogens is 429 g/mol. The minimum atomic E-state index is -0.513. The molecule has 0 saturated carbocycles. The van der Waals surface area contributed by atoms with Crippen LogP contribution in [0.4, 0.5) is 10.1 Å². The van der Waals surface area contributed by atoms with Crippen LogP contribution in [-0.4, -0.2) is 27.8 Å². The van der Waals surface area contributed by atoms with Crippen molar-refractivity contribution in [2.45, 2.75) is 12.1 Å². The molecule has 1 aromatic heterocycles. The van der Waals surface area contributed by atoms with Gasteiger partial charge >= 0.3 is 0 Å². The van der Waals surface area contributed by atoms with Gasteiger partial charge in [0.1, 0.15) is 11.6 Å². The third-order valence-corrected chi connectivity index (χ3v) is 5.57. The molecule has 0 spiro atoms. The largest absolute Gasteiger partial charge is 0.494 e. The fraction of sp³-hybridized carbons (Fsp3) is 0.125. The molecule has 0 aliphatic rings. The number of nitrogens with one attached hydrogen (secondary N) is 1. The van der Waals surface area contributed by atoms with Crippen LogP contribution in [0.1, 0.15) is 6.92 Å². The number of amides is 1. The van der Waals surface area contributed by atoms with Gasteiger partial charge in [0.15, 0.2) is 5.16 Å². The molecule has 0 atom stereocenters. The van der Waals surface area contributed by atoms with Gasteiger partial charge in [-0.05, 0) is 55.5 Å². The van der Waals surface area contributed by atoms with Crippen molar-refractivity contribution in [3.8, 4) is 11.4 Å². The zero-order valence-electron chi connectivity index (χ0n) is 17.2. The Morgan fingerprint density at radius 1 is 1.06 bits per heavy atom. The van der Waals surface area contributed by atoms with Crippen LogP contribution in [-0.2, 0) is 4.79 Å². The Bertz CT molecular complexity index is 1320. The summed E-state index contributed by atoms with van der Waals surface area (Å²) in [6, 6.07) is 20.1. The van der Waals surface area contributed by atoms with Crippen molar-refractivity contribution in [1.82, 2.24) is 9.55 Å². The number of rotatable bonds is 7. The zero-order chi connectivity index (χ0) is 22.5. The van der Waals surface area contributed by atoms with E-state index in [0.29, 0.717) is 34.1 Å². The lowest BCUT2D eigenvalue weighted by molar-refractivity contribution is -0.113. The van der Waals surface area contributed by atoms with Crippen LogP contribution in [0.5, 0.6) is 5.75 Å². The summed E-state index contributed by atoms with van der Waals surface area (Å²) >= 11 is 1.10. The third kappa shape index (κ3) is 4.65. The van der Waals surface area contributed by atoms with Crippen LogP contribution >= 0.6 is 11.8 Å². The zero-order valence-corrected chi connectivity index (χ0v) is 18.1. The van der Waals surface area contributed by atoms with E-state index < -0.39 is 11.7 Å². The predicted molar refractivity (Wildman–Crippen MR) is 124 cm³/mol. The molecule has 4 aromatic rings. The Morgan fingerprint density at radius 2 is 1.78 bits per heavy atom. The number of hydrogen-bond donors (Lipinski definition) is 1. The van der Waals surface area contributed by atoms with Crippen molar-refractivity contribution in [2.24, 2.45) is 0 Å². The second kappa shape index (κ2) is 9.65. The van der Waals surface area contributed by atoms with Crippen LogP contribution in [0.3, 0.4) is 0 Å². The number of ether oxygens (including phenoxy) is 1. The van der Waals surface area contributed by atoms with Gasteiger partial charge < -0.3 is 10.1 Å². The predicted octanol–water partition coefficient (Wildman–Crippen LogP) is 4.65. The van der Waals surface area contributed by atoms with E-state index in [1.165, 1.54) is 16.7 Å². The fourth-order valence-corrected chi connectivity index (χ4v) is 3.99. The standard InChI is InChI=1S/C24H20FN3O3S/c1-2-31-17-13-11-16(12-14-17)28-23(30)18-7-3-5-9-20(18)27-24(28)32-15-22(29)26-21-10-6-4-8-19(21)25/h3-14H,2,15H2,1H3,(H,26,29). The smallest absolute Gasteiger partial charge is 0.266 e. The Balaban J connectivity index is 1.66. The molecule has 6 nitrogen and oxygen atoms in total. The van der Waals surface area contributed by atoms with Crippen LogP contribution in [0.25, 0.3) is 16.6 Å². The van der Waals surface area contributed by atoms with Crippen molar-refractivity contribution in [2.75, 3.05) is 17.7 Å². The van der Waals surface area contributed by atoms with E-state index in [9.17, 15) is 14.0 Å². The van der Waals surface area contributed by atoms with Gasteiger partial charge in [-0.3, -0.25) is 14.2 Å². The van der Waals surface area contributed by atoms with Crippen LogP contribution in [0, 0.1) is 5.82 Å². The molecule has 4 rings (SSSR count). The third-order valence-electron chi connectivity index (χ3n) is 4.63. The van der Waals surface area contributed by atoms with Gasteiger partial charge in [0.25, 0.3) is 5.56 Å². The summed E-state index contributed by atoms with van der Waals surface area (Å²) in [5, 5.41) is 3.38. The summed E-state index contributed by atoms with van der Waals surface area (Å²) in [6.45, 7) is 2.43. The molecule has 1 amide bonds. The van der Waals surface area contributed by atoms with E-state index in [4.69, 9.17) is 4.74 Å². The molecule has 32 heavy (non-hydrogen) atoms. The Labute approximate surface area is 188 Å². The van der Waals surface area contributed by atoms with Gasteiger partial charge in [0.2, 0.25) is 5.91 Å². The van der Waals surface area contributed by atoms with Gasteiger partial charge in [0.05, 0.1) is 34.6 Å². The highest BCUT2D eigenvalue weighted by Crippen LogP contribution is 2.23. The average Bonchev–Trinajstić information content (AvgIpc) is 2.80. The number of carbonyl (C=O) groups is 1. The first-order chi connectivity index (χ1) is 15.6. The number of benzene rings is 3. The van der Waals surface area contributed by atoms with E-state index in [1.807, 2.05) is 6.92 Å². The van der Waals surface area contributed by atoms with Crippen LogP contribution in [0.2, 0.25) is 0 Å². The number of hydrogen-bond acceptors (Lipinski definition) is 5. The lowest BCUT2D eigenvalue weighted by Crippen LogP contribution is -2.23. The number of aromatic nitrogens is 2. The highest BCUT2D eigenvalue weighted by atomic mass is 32.2. The minimum Gasteiger partial charge on any atom is -0.494 e. The summed E-state index contributed by atoms with van der Waals surface area (Å²) in [7, 11) is 0. The molecule has 1 heterocycles. The van der Waals surface area contributed by atoms with Gasteiger partial charge in [-0.1, -0.05) is 36.0 Å². The molecule has 0 saturated heterocycles. The lowest BCUT2D eigenvalue weighted by Gasteiger charge is -2.14. The Hall–Kier alpha value is -3.65.